The molecule has 3 rings (SSSR count). The lowest BCUT2D eigenvalue weighted by atomic mass is 10.1. The van der Waals surface area contributed by atoms with Crippen molar-refractivity contribution < 1.29 is 14.2 Å². The highest BCUT2D eigenvalue weighted by Crippen LogP contribution is 2.18. The highest BCUT2D eigenvalue weighted by molar-refractivity contribution is 4.81. The fourth-order valence-electron chi connectivity index (χ4n) is 5.93. The number of rotatable bonds is 13. The van der Waals surface area contributed by atoms with Crippen LogP contribution in [-0.2, 0) is 14.2 Å². The summed E-state index contributed by atoms with van der Waals surface area (Å²) in [7, 11) is 0. The molecule has 0 aromatic carbocycles. The van der Waals surface area contributed by atoms with Crippen LogP contribution in [0, 0.1) is 0 Å². The minimum absolute atomic E-state index is 0.336. The number of hydrogen-bond donors (Lipinski definition) is 0. The van der Waals surface area contributed by atoms with Crippen molar-refractivity contribution in [3.05, 3.63) is 0 Å². The van der Waals surface area contributed by atoms with Gasteiger partial charge in [0.25, 0.3) is 0 Å². The standard InChI is InChI=1S/C28H56N4O3/c1-7-25-19-31(20-26(8-2)34-25)15-12-29(11-14-30-17-23(5)33-24(6)18-30)13-16-32-21-27(9-3)35-28(10-4)22-32/h23-28H,7-22H2,1-6H3. The van der Waals surface area contributed by atoms with Gasteiger partial charge in [-0.2, -0.15) is 0 Å². The molecular formula is C28H56N4O3. The average Bonchev–Trinajstić information content (AvgIpc) is 2.87. The molecular weight excluding hydrogens is 440 g/mol. The maximum atomic E-state index is 6.24. The van der Waals surface area contributed by atoms with E-state index in [9.17, 15) is 0 Å². The molecule has 3 heterocycles. The smallest absolute Gasteiger partial charge is 0.0703 e. The first-order valence-corrected chi connectivity index (χ1v) is 14.8. The summed E-state index contributed by atoms with van der Waals surface area (Å²) in [6.45, 7) is 26.7. The fourth-order valence-corrected chi connectivity index (χ4v) is 5.93. The molecule has 3 aliphatic heterocycles. The second-order valence-electron chi connectivity index (χ2n) is 11.3. The summed E-state index contributed by atoms with van der Waals surface area (Å²) in [5.41, 5.74) is 0. The molecule has 0 spiro atoms. The molecule has 206 valence electrons. The maximum absolute atomic E-state index is 6.24. The van der Waals surface area contributed by atoms with E-state index in [-0.39, 0.29) is 0 Å². The molecule has 0 saturated carbocycles. The summed E-state index contributed by atoms with van der Waals surface area (Å²) < 4.78 is 18.5. The first kappa shape index (κ1) is 29.3. The molecule has 35 heavy (non-hydrogen) atoms. The van der Waals surface area contributed by atoms with Crippen LogP contribution < -0.4 is 0 Å². The van der Waals surface area contributed by atoms with Gasteiger partial charge in [-0.3, -0.25) is 19.6 Å². The molecule has 3 aliphatic rings. The van der Waals surface area contributed by atoms with E-state index in [0.717, 1.165) is 104 Å². The number of ether oxygens (including phenoxy) is 3. The molecule has 0 bridgehead atoms. The molecule has 3 saturated heterocycles. The molecule has 0 aliphatic carbocycles. The molecule has 0 aromatic heterocycles. The van der Waals surface area contributed by atoms with Gasteiger partial charge in [0.15, 0.2) is 0 Å². The summed E-state index contributed by atoms with van der Waals surface area (Å²) in [6, 6.07) is 0. The third-order valence-electron chi connectivity index (χ3n) is 8.13. The van der Waals surface area contributed by atoms with Gasteiger partial charge in [-0.15, -0.1) is 0 Å². The van der Waals surface area contributed by atoms with Crippen molar-refractivity contribution in [1.82, 2.24) is 19.6 Å². The highest BCUT2D eigenvalue weighted by atomic mass is 16.5. The maximum Gasteiger partial charge on any atom is 0.0703 e. The van der Waals surface area contributed by atoms with Crippen molar-refractivity contribution in [2.75, 3.05) is 78.5 Å². The molecule has 7 heteroatoms. The van der Waals surface area contributed by atoms with Gasteiger partial charge < -0.3 is 14.2 Å². The third kappa shape index (κ3) is 9.84. The zero-order chi connectivity index (χ0) is 25.2. The molecule has 0 aromatic rings. The van der Waals surface area contributed by atoms with E-state index in [1.165, 1.54) is 0 Å². The van der Waals surface area contributed by atoms with Crippen LogP contribution in [0.1, 0.15) is 67.2 Å². The Morgan fingerprint density at radius 2 is 0.829 bits per heavy atom. The van der Waals surface area contributed by atoms with E-state index in [1.807, 2.05) is 0 Å². The lowest BCUT2D eigenvalue weighted by Gasteiger charge is -2.40. The molecule has 6 atom stereocenters. The van der Waals surface area contributed by atoms with Crippen molar-refractivity contribution in [1.29, 1.82) is 0 Å². The molecule has 6 unspecified atom stereocenters. The van der Waals surface area contributed by atoms with Crippen LogP contribution in [0.15, 0.2) is 0 Å². The van der Waals surface area contributed by atoms with Gasteiger partial charge in [0, 0.05) is 78.5 Å². The predicted octanol–water partition coefficient (Wildman–Crippen LogP) is 3.18. The first-order valence-electron chi connectivity index (χ1n) is 14.8. The van der Waals surface area contributed by atoms with E-state index >= 15 is 0 Å². The minimum Gasteiger partial charge on any atom is -0.373 e. The van der Waals surface area contributed by atoms with Crippen molar-refractivity contribution >= 4 is 0 Å². The summed E-state index contributed by atoms with van der Waals surface area (Å²) in [5.74, 6) is 0. The zero-order valence-electron chi connectivity index (χ0n) is 23.8. The number of nitrogens with zero attached hydrogens (tertiary/aromatic N) is 4. The van der Waals surface area contributed by atoms with Crippen LogP contribution in [0.5, 0.6) is 0 Å². The number of hydrogen-bond acceptors (Lipinski definition) is 7. The monoisotopic (exact) mass is 496 g/mol. The van der Waals surface area contributed by atoms with Gasteiger partial charge in [0.05, 0.1) is 36.6 Å². The molecule has 0 N–H and O–H groups in total. The minimum atomic E-state index is 0.336. The normalized spacial score (nSPS) is 34.0. The van der Waals surface area contributed by atoms with Crippen LogP contribution in [0.4, 0.5) is 0 Å². The van der Waals surface area contributed by atoms with Gasteiger partial charge in [-0.25, -0.2) is 0 Å². The van der Waals surface area contributed by atoms with Crippen molar-refractivity contribution in [2.24, 2.45) is 0 Å². The lowest BCUT2D eigenvalue weighted by molar-refractivity contribution is -0.0917. The van der Waals surface area contributed by atoms with Crippen LogP contribution in [0.3, 0.4) is 0 Å². The second kappa shape index (κ2) is 15.2. The Bertz CT molecular complexity index is 514. The molecule has 3 fully saturated rings. The average molecular weight is 497 g/mol. The van der Waals surface area contributed by atoms with E-state index in [4.69, 9.17) is 14.2 Å². The van der Waals surface area contributed by atoms with Gasteiger partial charge in [-0.05, 0) is 39.5 Å². The molecule has 0 amide bonds. The largest absolute Gasteiger partial charge is 0.373 e. The van der Waals surface area contributed by atoms with Crippen molar-refractivity contribution in [2.45, 2.75) is 104 Å². The SMILES string of the molecule is CCC1CN(CCN(CCN2CC(C)OC(C)C2)CCN2CC(CC)OC(CC)C2)CC(CC)O1. The van der Waals surface area contributed by atoms with Gasteiger partial charge >= 0.3 is 0 Å². The Morgan fingerprint density at radius 3 is 1.14 bits per heavy atom. The zero-order valence-corrected chi connectivity index (χ0v) is 23.8. The van der Waals surface area contributed by atoms with Crippen molar-refractivity contribution in [3.8, 4) is 0 Å². The Balaban J connectivity index is 1.54. The summed E-state index contributed by atoms with van der Waals surface area (Å²) in [4.78, 5) is 10.6. The number of morpholine rings is 3. The second-order valence-corrected chi connectivity index (χ2v) is 11.3. The lowest BCUT2D eigenvalue weighted by Crippen LogP contribution is -2.52. The summed E-state index contributed by atoms with van der Waals surface area (Å²) in [5, 5.41) is 0. The molecule has 7 nitrogen and oxygen atoms in total. The topological polar surface area (TPSA) is 40.7 Å². The Hall–Kier alpha value is -0.280. The van der Waals surface area contributed by atoms with Crippen LogP contribution >= 0.6 is 0 Å². The van der Waals surface area contributed by atoms with Crippen LogP contribution in [0.25, 0.3) is 0 Å². The van der Waals surface area contributed by atoms with Gasteiger partial charge in [-0.1, -0.05) is 27.7 Å². The predicted molar refractivity (Wildman–Crippen MR) is 144 cm³/mol. The molecule has 0 radical (unpaired) electrons. The van der Waals surface area contributed by atoms with Crippen molar-refractivity contribution in [3.63, 3.8) is 0 Å². The summed E-state index contributed by atoms with van der Waals surface area (Å²) in [6.07, 6.45) is 6.68. The Morgan fingerprint density at radius 1 is 0.514 bits per heavy atom. The summed E-state index contributed by atoms with van der Waals surface area (Å²) >= 11 is 0. The first-order chi connectivity index (χ1) is 16.9. The van der Waals surface area contributed by atoms with Crippen LogP contribution in [0.2, 0.25) is 0 Å². The van der Waals surface area contributed by atoms with Gasteiger partial charge in [0.1, 0.15) is 0 Å². The highest BCUT2D eigenvalue weighted by Gasteiger charge is 2.28. The van der Waals surface area contributed by atoms with E-state index < -0.39 is 0 Å². The fraction of sp³-hybridized carbons (Fsp3) is 1.00. The third-order valence-corrected chi connectivity index (χ3v) is 8.13. The van der Waals surface area contributed by atoms with Crippen LogP contribution in [-0.4, -0.2) is 135 Å². The van der Waals surface area contributed by atoms with E-state index in [0.29, 0.717) is 36.6 Å². The van der Waals surface area contributed by atoms with Gasteiger partial charge in [0.2, 0.25) is 0 Å². The Labute approximate surface area is 216 Å². The Kier molecular flexibility index (Phi) is 12.7. The van der Waals surface area contributed by atoms with E-state index in [2.05, 4.69) is 61.1 Å². The van der Waals surface area contributed by atoms with E-state index in [1.54, 1.807) is 0 Å². The quantitative estimate of drug-likeness (QED) is 0.388.